The summed E-state index contributed by atoms with van der Waals surface area (Å²) in [4.78, 5) is 77.7. The summed E-state index contributed by atoms with van der Waals surface area (Å²) in [7, 11) is 0. The Labute approximate surface area is 290 Å². The van der Waals surface area contributed by atoms with Gasteiger partial charge in [-0.2, -0.15) is 0 Å². The first-order valence-corrected chi connectivity index (χ1v) is 17.0. The van der Waals surface area contributed by atoms with E-state index in [0.717, 1.165) is 23.5 Å². The minimum Gasteiger partial charge on any atom is -0.480 e. The van der Waals surface area contributed by atoms with Crippen LogP contribution < -0.4 is 32.3 Å². The number of rotatable bonds is 13. The fraction of sp³-hybridized carbons (Fsp3) is 0.438. The largest absolute Gasteiger partial charge is 0.480 e. The second-order valence-electron chi connectivity index (χ2n) is 12.7. The van der Waals surface area contributed by atoms with Gasteiger partial charge in [0, 0.05) is 9.49 Å². The van der Waals surface area contributed by atoms with Gasteiger partial charge in [-0.25, -0.2) is 4.79 Å². The number of amides is 3. The van der Waals surface area contributed by atoms with Crippen molar-refractivity contribution in [1.82, 2.24) is 26.6 Å². The highest BCUT2D eigenvalue weighted by atomic mass is 32.2. The molecule has 264 valence electrons. The van der Waals surface area contributed by atoms with Crippen LogP contribution in [-0.4, -0.2) is 95.4 Å². The summed E-state index contributed by atoms with van der Waals surface area (Å²) in [6.45, 7) is 6.63. The molecule has 17 heteroatoms. The molecule has 2 aliphatic heterocycles. The quantitative estimate of drug-likeness (QED) is 0.136. The lowest BCUT2D eigenvalue weighted by molar-refractivity contribution is -0.143. The Morgan fingerprint density at radius 1 is 0.653 bits per heavy atom. The zero-order valence-corrected chi connectivity index (χ0v) is 28.7. The van der Waals surface area contributed by atoms with Crippen molar-refractivity contribution in [2.45, 2.75) is 84.2 Å². The second-order valence-corrected chi connectivity index (χ2v) is 16.3. The molecule has 2 aromatic carbocycles. The van der Waals surface area contributed by atoms with Crippen LogP contribution in [0.25, 0.3) is 0 Å². The van der Waals surface area contributed by atoms with Gasteiger partial charge < -0.3 is 37.0 Å². The van der Waals surface area contributed by atoms with Gasteiger partial charge in [0.2, 0.25) is 17.7 Å². The monoisotopic (exact) mass is 716 g/mol. The number of hydrogen-bond donors (Lipinski definition) is 9. The van der Waals surface area contributed by atoms with E-state index >= 15 is 0 Å². The molecule has 2 aliphatic rings. The van der Waals surface area contributed by atoms with Gasteiger partial charge in [0.15, 0.2) is 6.04 Å². The zero-order chi connectivity index (χ0) is 36.3. The number of hydrogen-bond acceptors (Lipinski definition) is 11. The third kappa shape index (κ3) is 8.72. The van der Waals surface area contributed by atoms with E-state index in [1.165, 1.54) is 12.1 Å². The van der Waals surface area contributed by atoms with Crippen LogP contribution >= 0.6 is 23.5 Å². The maximum atomic E-state index is 14.1. The van der Waals surface area contributed by atoms with E-state index in [-0.39, 0.29) is 5.56 Å². The van der Waals surface area contributed by atoms with Gasteiger partial charge in [-0.1, -0.05) is 60.7 Å². The summed E-state index contributed by atoms with van der Waals surface area (Å²) in [6.07, 6.45) is 0. The van der Waals surface area contributed by atoms with Crippen LogP contribution in [0.3, 0.4) is 0 Å². The SMILES string of the molecule is CC1(C)S[C@H]([C@H](NC(=O)[C@H](NC(=O)[C@@H](NC(=O)[C@H](N)c2ccccc2)[C@@H]2N[C@@H](C(=O)O)C(C)(C)S2)c2ccccc2)C(=O)O)N[C@H]1C(=O)O. The molecule has 0 radical (unpaired) electrons. The summed E-state index contributed by atoms with van der Waals surface area (Å²) in [5.74, 6) is -6.33. The van der Waals surface area contributed by atoms with Crippen LogP contribution in [0.2, 0.25) is 0 Å². The molecule has 0 aliphatic carbocycles. The molecule has 2 aromatic rings. The van der Waals surface area contributed by atoms with Gasteiger partial charge in [-0.15, -0.1) is 23.5 Å². The Balaban J connectivity index is 1.64. The fourth-order valence-electron chi connectivity index (χ4n) is 5.67. The third-order valence-corrected chi connectivity index (χ3v) is 11.3. The number of aliphatic carboxylic acids is 3. The van der Waals surface area contributed by atoms with Gasteiger partial charge in [-0.05, 0) is 38.8 Å². The number of carboxylic acid groups (broad SMARTS) is 3. The molecule has 0 saturated carbocycles. The number of nitrogens with one attached hydrogen (secondary N) is 5. The highest BCUT2D eigenvalue weighted by Gasteiger charge is 2.51. The fourth-order valence-corrected chi connectivity index (χ4v) is 8.64. The first-order chi connectivity index (χ1) is 22.9. The summed E-state index contributed by atoms with van der Waals surface area (Å²) < 4.78 is -1.83. The number of thioether (sulfide) groups is 2. The van der Waals surface area contributed by atoms with Crippen LogP contribution in [0.1, 0.15) is 50.9 Å². The van der Waals surface area contributed by atoms with Crippen molar-refractivity contribution in [1.29, 1.82) is 0 Å². The molecule has 0 unspecified atom stereocenters. The van der Waals surface area contributed by atoms with Gasteiger partial charge in [0.1, 0.15) is 30.2 Å². The molecular weight excluding hydrogens is 677 g/mol. The smallest absolute Gasteiger partial charge is 0.328 e. The van der Waals surface area contributed by atoms with Gasteiger partial charge in [-0.3, -0.25) is 34.6 Å². The Hall–Kier alpha value is -4.16. The van der Waals surface area contributed by atoms with Crippen molar-refractivity contribution in [3.63, 3.8) is 0 Å². The summed E-state index contributed by atoms with van der Waals surface area (Å²) in [5, 5.41) is 40.9. The average molecular weight is 717 g/mol. The number of benzene rings is 2. The third-order valence-electron chi connectivity index (χ3n) is 8.28. The lowest BCUT2D eigenvalue weighted by Crippen LogP contribution is -2.60. The maximum Gasteiger partial charge on any atom is 0.328 e. The van der Waals surface area contributed by atoms with Crippen molar-refractivity contribution in [2.75, 3.05) is 0 Å². The Morgan fingerprint density at radius 3 is 1.51 bits per heavy atom. The molecule has 4 rings (SSSR count). The van der Waals surface area contributed by atoms with Crippen molar-refractivity contribution >= 4 is 59.2 Å². The molecule has 49 heavy (non-hydrogen) atoms. The van der Waals surface area contributed by atoms with E-state index in [9.17, 15) is 44.1 Å². The van der Waals surface area contributed by atoms with Crippen molar-refractivity contribution in [3.05, 3.63) is 71.8 Å². The molecule has 2 fully saturated rings. The second kappa shape index (κ2) is 15.2. The van der Waals surface area contributed by atoms with Crippen molar-refractivity contribution in [3.8, 4) is 0 Å². The maximum absolute atomic E-state index is 14.1. The average Bonchev–Trinajstić information content (AvgIpc) is 3.55. The Bertz CT molecular complexity index is 1580. The summed E-state index contributed by atoms with van der Waals surface area (Å²) in [5.41, 5.74) is 6.95. The number of carbonyl (C=O) groups excluding carboxylic acids is 3. The topological polar surface area (TPSA) is 249 Å². The van der Waals surface area contributed by atoms with E-state index in [1.54, 1.807) is 76.2 Å². The van der Waals surface area contributed by atoms with E-state index in [4.69, 9.17) is 5.73 Å². The van der Waals surface area contributed by atoms with E-state index in [2.05, 4.69) is 26.6 Å². The first kappa shape index (κ1) is 37.7. The van der Waals surface area contributed by atoms with Crippen LogP contribution in [0, 0.1) is 0 Å². The van der Waals surface area contributed by atoms with E-state index in [0.29, 0.717) is 5.56 Å². The highest BCUT2D eigenvalue weighted by molar-refractivity contribution is 8.01. The molecule has 15 nitrogen and oxygen atoms in total. The number of carbonyl (C=O) groups is 6. The first-order valence-electron chi connectivity index (χ1n) is 15.3. The Morgan fingerprint density at radius 2 is 1.08 bits per heavy atom. The molecule has 2 saturated heterocycles. The summed E-state index contributed by atoms with van der Waals surface area (Å²) in [6, 6.07) is 8.44. The standard InChI is InChI=1S/C32H40N6O9S2/c1-31(2)21(29(44)45)37-26(48-31)19(35-23(39)17(33)15-11-7-5-8-12-15)25(41)34-18(16-13-9-6-10-14-16)24(40)36-20(28(42)43)27-38-22(30(46)47)32(3,4)49-27/h5-14,17-22,26-27,37-38H,33H2,1-4H3,(H,34,41)(H,35,39)(H,36,40)(H,42,43)(H,44,45)(H,46,47)/t17-,18-,19-,20+,21+,22+,26-,27-/m1/s1. The normalized spacial score (nSPS) is 24.8. The van der Waals surface area contributed by atoms with Crippen LogP contribution in [0.15, 0.2) is 60.7 Å². The lowest BCUT2D eigenvalue weighted by Gasteiger charge is -2.29. The molecule has 0 spiro atoms. The van der Waals surface area contributed by atoms with Crippen LogP contribution in [0.5, 0.6) is 0 Å². The predicted octanol–water partition coefficient (Wildman–Crippen LogP) is 0.387. The van der Waals surface area contributed by atoms with Crippen molar-refractivity contribution < 1.29 is 44.1 Å². The van der Waals surface area contributed by atoms with Crippen LogP contribution in [0.4, 0.5) is 0 Å². The van der Waals surface area contributed by atoms with Gasteiger partial charge in [0.05, 0.1) is 10.7 Å². The predicted molar refractivity (Wildman–Crippen MR) is 182 cm³/mol. The Kier molecular flexibility index (Phi) is 11.7. The van der Waals surface area contributed by atoms with Gasteiger partial charge >= 0.3 is 17.9 Å². The molecule has 8 atom stereocenters. The highest BCUT2D eigenvalue weighted by Crippen LogP contribution is 2.40. The zero-order valence-electron chi connectivity index (χ0n) is 27.1. The molecule has 10 N–H and O–H groups in total. The molecular formula is C32H40N6O9S2. The van der Waals surface area contributed by atoms with E-state index < -0.39 is 92.1 Å². The molecule has 0 bridgehead atoms. The van der Waals surface area contributed by atoms with Gasteiger partial charge in [0.25, 0.3) is 0 Å². The molecule has 2 heterocycles. The minimum atomic E-state index is -1.60. The number of carboxylic acids is 3. The van der Waals surface area contributed by atoms with Crippen molar-refractivity contribution in [2.24, 2.45) is 5.73 Å². The minimum absolute atomic E-state index is 0.273. The van der Waals surface area contributed by atoms with Crippen LogP contribution in [-0.2, 0) is 28.8 Å². The molecule has 0 aromatic heterocycles. The van der Waals surface area contributed by atoms with E-state index in [1.807, 2.05) is 0 Å². The number of nitrogens with two attached hydrogens (primary N) is 1. The lowest BCUT2D eigenvalue weighted by atomic mass is 10.0. The molecule has 3 amide bonds. The summed E-state index contributed by atoms with van der Waals surface area (Å²) >= 11 is 2.15.